The smallest absolute Gasteiger partial charge is 0.272 e. The van der Waals surface area contributed by atoms with Crippen LogP contribution in [0, 0.1) is 0 Å². The third-order valence-corrected chi connectivity index (χ3v) is 4.39. The molecule has 0 aliphatic rings. The maximum atomic E-state index is 12.0. The molecule has 6 nitrogen and oxygen atoms in total. The van der Waals surface area contributed by atoms with Gasteiger partial charge in [0.05, 0.1) is 10.6 Å². The summed E-state index contributed by atoms with van der Waals surface area (Å²) in [4.78, 5) is 24.3. The number of amides is 2. The molecule has 0 aliphatic heterocycles. The van der Waals surface area contributed by atoms with Crippen molar-refractivity contribution in [2.24, 2.45) is 0 Å². The Kier molecular flexibility index (Phi) is 4.54. The van der Waals surface area contributed by atoms with Crippen LogP contribution in [0.15, 0.2) is 52.3 Å². The number of carbonyl (C=O) groups is 2. The Labute approximate surface area is 144 Å². The molecule has 0 radical (unpaired) electrons. The van der Waals surface area contributed by atoms with Crippen molar-refractivity contribution in [1.29, 1.82) is 0 Å². The second kappa shape index (κ2) is 6.76. The highest BCUT2D eigenvalue weighted by molar-refractivity contribution is 9.10. The molecule has 2 heterocycles. The molecule has 2 amide bonds. The number of hydrazine groups is 1. The standard InChI is InChI=1S/C15H11BrN4O2S/c16-10-5-3-9(4-6-10)11-8-12(18-17-11)14(21)19-20-15(22)13-2-1-7-23-13/h1-8H,(H,17,18)(H,19,21)(H,20,22). The van der Waals surface area contributed by atoms with E-state index >= 15 is 0 Å². The maximum Gasteiger partial charge on any atom is 0.287 e. The summed E-state index contributed by atoms with van der Waals surface area (Å²) in [6.07, 6.45) is 0. The molecule has 0 atom stereocenters. The van der Waals surface area contributed by atoms with Crippen LogP contribution >= 0.6 is 27.3 Å². The zero-order valence-corrected chi connectivity index (χ0v) is 14.1. The molecule has 1 aromatic carbocycles. The lowest BCUT2D eigenvalue weighted by Gasteiger charge is -2.04. The van der Waals surface area contributed by atoms with Crippen molar-refractivity contribution in [3.8, 4) is 11.3 Å². The molecule has 116 valence electrons. The Balaban J connectivity index is 1.64. The van der Waals surface area contributed by atoms with Gasteiger partial charge in [0.2, 0.25) is 0 Å². The number of aromatic amines is 1. The Morgan fingerprint density at radius 1 is 1.09 bits per heavy atom. The monoisotopic (exact) mass is 390 g/mol. The van der Waals surface area contributed by atoms with Crippen molar-refractivity contribution >= 4 is 39.1 Å². The number of nitrogens with one attached hydrogen (secondary N) is 3. The Morgan fingerprint density at radius 3 is 2.52 bits per heavy atom. The molecule has 8 heteroatoms. The Morgan fingerprint density at radius 2 is 1.83 bits per heavy atom. The van der Waals surface area contributed by atoms with Gasteiger partial charge in [-0.15, -0.1) is 11.3 Å². The Hall–Kier alpha value is -2.45. The quantitative estimate of drug-likeness (QED) is 0.600. The first-order chi connectivity index (χ1) is 11.1. The van der Waals surface area contributed by atoms with Crippen LogP contribution in [-0.4, -0.2) is 22.0 Å². The van der Waals surface area contributed by atoms with Gasteiger partial charge in [0, 0.05) is 10.0 Å². The molecule has 3 N–H and O–H groups in total. The first kappa shape index (κ1) is 15.4. The third kappa shape index (κ3) is 3.66. The van der Waals surface area contributed by atoms with Gasteiger partial charge in [-0.3, -0.25) is 25.5 Å². The lowest BCUT2D eigenvalue weighted by molar-refractivity contribution is 0.0846. The number of hydrogen-bond acceptors (Lipinski definition) is 4. The summed E-state index contributed by atoms with van der Waals surface area (Å²) in [6, 6.07) is 12.6. The van der Waals surface area contributed by atoms with E-state index < -0.39 is 5.91 Å². The highest BCUT2D eigenvalue weighted by Gasteiger charge is 2.13. The molecular formula is C15H11BrN4O2S. The average Bonchev–Trinajstić information content (AvgIpc) is 3.24. The fourth-order valence-electron chi connectivity index (χ4n) is 1.86. The second-order valence-corrected chi connectivity index (χ2v) is 6.42. The molecule has 0 fully saturated rings. The van der Waals surface area contributed by atoms with Crippen molar-refractivity contribution in [2.75, 3.05) is 0 Å². The van der Waals surface area contributed by atoms with E-state index in [9.17, 15) is 9.59 Å². The van der Waals surface area contributed by atoms with Crippen molar-refractivity contribution in [1.82, 2.24) is 21.0 Å². The Bertz CT molecular complexity index is 828. The minimum absolute atomic E-state index is 0.259. The van der Waals surface area contributed by atoms with Crippen molar-refractivity contribution < 1.29 is 9.59 Å². The first-order valence-corrected chi connectivity index (χ1v) is 8.26. The number of hydrogen-bond donors (Lipinski definition) is 3. The van der Waals surface area contributed by atoms with Crippen molar-refractivity contribution in [3.05, 3.63) is 62.9 Å². The summed E-state index contributed by atoms with van der Waals surface area (Å²) in [5, 5.41) is 8.54. The maximum absolute atomic E-state index is 12.0. The van der Waals surface area contributed by atoms with E-state index in [1.54, 1.807) is 23.6 Å². The number of aromatic nitrogens is 2. The SMILES string of the molecule is O=C(NNC(=O)c1cccs1)c1cc(-c2ccc(Br)cc2)n[nH]1. The van der Waals surface area contributed by atoms with Crippen LogP contribution < -0.4 is 10.9 Å². The number of benzene rings is 1. The summed E-state index contributed by atoms with van der Waals surface area (Å²) in [7, 11) is 0. The predicted octanol–water partition coefficient (Wildman–Crippen LogP) is 2.98. The number of rotatable bonds is 3. The van der Waals surface area contributed by atoms with Crippen LogP contribution in [0.1, 0.15) is 20.2 Å². The fraction of sp³-hybridized carbons (Fsp3) is 0. The molecule has 2 aromatic heterocycles. The number of carbonyl (C=O) groups excluding carboxylic acids is 2. The summed E-state index contributed by atoms with van der Waals surface area (Å²) >= 11 is 4.66. The van der Waals surface area contributed by atoms with E-state index in [2.05, 4.69) is 37.0 Å². The second-order valence-electron chi connectivity index (χ2n) is 4.56. The molecule has 0 aliphatic carbocycles. The number of thiophene rings is 1. The number of halogens is 1. The summed E-state index contributed by atoms with van der Waals surface area (Å²) in [5.74, 6) is -0.827. The summed E-state index contributed by atoms with van der Waals surface area (Å²) in [5.41, 5.74) is 6.49. The van der Waals surface area contributed by atoms with Crippen LogP contribution in [0.2, 0.25) is 0 Å². The lowest BCUT2D eigenvalue weighted by Crippen LogP contribution is -2.41. The van der Waals surface area contributed by atoms with E-state index in [-0.39, 0.29) is 11.6 Å². The van der Waals surface area contributed by atoms with Gasteiger partial charge in [-0.1, -0.05) is 34.1 Å². The third-order valence-electron chi connectivity index (χ3n) is 3.00. The largest absolute Gasteiger partial charge is 0.287 e. The van der Waals surface area contributed by atoms with E-state index in [0.29, 0.717) is 10.6 Å². The van der Waals surface area contributed by atoms with Crippen LogP contribution in [0.5, 0.6) is 0 Å². The minimum Gasteiger partial charge on any atom is -0.272 e. The van der Waals surface area contributed by atoms with E-state index in [0.717, 1.165) is 10.0 Å². The molecule has 23 heavy (non-hydrogen) atoms. The van der Waals surface area contributed by atoms with Crippen LogP contribution in [0.3, 0.4) is 0 Å². The highest BCUT2D eigenvalue weighted by atomic mass is 79.9. The van der Waals surface area contributed by atoms with Crippen LogP contribution in [0.25, 0.3) is 11.3 Å². The van der Waals surface area contributed by atoms with Crippen molar-refractivity contribution in [3.63, 3.8) is 0 Å². The van der Waals surface area contributed by atoms with Crippen LogP contribution in [0.4, 0.5) is 0 Å². The lowest BCUT2D eigenvalue weighted by atomic mass is 10.1. The molecule has 3 rings (SSSR count). The molecule has 0 saturated heterocycles. The summed E-state index contributed by atoms with van der Waals surface area (Å²) in [6.45, 7) is 0. The molecule has 3 aromatic rings. The molecule has 0 saturated carbocycles. The highest BCUT2D eigenvalue weighted by Crippen LogP contribution is 2.20. The van der Waals surface area contributed by atoms with Crippen LogP contribution in [-0.2, 0) is 0 Å². The minimum atomic E-state index is -0.467. The van der Waals surface area contributed by atoms with Gasteiger partial charge in [-0.25, -0.2) is 0 Å². The average molecular weight is 391 g/mol. The van der Waals surface area contributed by atoms with Gasteiger partial charge in [0.1, 0.15) is 5.69 Å². The van der Waals surface area contributed by atoms with Gasteiger partial charge in [-0.2, -0.15) is 5.10 Å². The van der Waals surface area contributed by atoms with Gasteiger partial charge < -0.3 is 0 Å². The van der Waals surface area contributed by atoms with E-state index in [1.165, 1.54) is 11.3 Å². The van der Waals surface area contributed by atoms with Gasteiger partial charge in [-0.05, 0) is 29.6 Å². The van der Waals surface area contributed by atoms with Crippen molar-refractivity contribution in [2.45, 2.75) is 0 Å². The van der Waals surface area contributed by atoms with Gasteiger partial charge in [0.25, 0.3) is 11.8 Å². The zero-order valence-electron chi connectivity index (χ0n) is 11.7. The number of H-pyrrole nitrogens is 1. The van der Waals surface area contributed by atoms with Gasteiger partial charge in [0.15, 0.2) is 0 Å². The first-order valence-electron chi connectivity index (χ1n) is 6.59. The normalized spacial score (nSPS) is 10.3. The molecule has 0 bridgehead atoms. The summed E-state index contributed by atoms with van der Waals surface area (Å²) < 4.78 is 0.964. The molecule has 0 unspecified atom stereocenters. The van der Waals surface area contributed by atoms with Gasteiger partial charge >= 0.3 is 0 Å². The molecular weight excluding hydrogens is 380 g/mol. The topological polar surface area (TPSA) is 86.9 Å². The zero-order chi connectivity index (χ0) is 16.2. The fourth-order valence-corrected chi connectivity index (χ4v) is 2.74. The molecule has 0 spiro atoms. The van der Waals surface area contributed by atoms with E-state index in [1.807, 2.05) is 24.3 Å². The van der Waals surface area contributed by atoms with E-state index in [4.69, 9.17) is 0 Å². The number of nitrogens with zero attached hydrogens (tertiary/aromatic N) is 1. The predicted molar refractivity (Wildman–Crippen MR) is 91.0 cm³/mol.